The van der Waals surface area contributed by atoms with Crippen LogP contribution >= 0.6 is 11.6 Å². The number of piperidine rings is 1. The first-order valence-corrected chi connectivity index (χ1v) is 6.46. The lowest BCUT2D eigenvalue weighted by molar-refractivity contribution is -0.138. The van der Waals surface area contributed by atoms with Crippen LogP contribution in [0.25, 0.3) is 0 Å². The summed E-state index contributed by atoms with van der Waals surface area (Å²) < 4.78 is 43.8. The summed E-state index contributed by atoms with van der Waals surface area (Å²) in [6.07, 6.45) is -2.64. The van der Waals surface area contributed by atoms with Gasteiger partial charge in [-0.3, -0.25) is 0 Å². The van der Waals surface area contributed by atoms with E-state index in [1.54, 1.807) is 6.07 Å². The number of rotatable bonds is 2. The molecule has 0 radical (unpaired) electrons. The summed E-state index contributed by atoms with van der Waals surface area (Å²) in [5, 5.41) is 3.20. The van der Waals surface area contributed by atoms with Crippen LogP contribution in [0.2, 0.25) is 5.02 Å². The lowest BCUT2D eigenvalue weighted by atomic mass is 9.90. The largest absolute Gasteiger partial charge is 0.495 e. The normalized spacial score (nSPS) is 20.4. The summed E-state index contributed by atoms with van der Waals surface area (Å²) in [6.45, 7) is 1.59. The third kappa shape index (κ3) is 3.15. The molecule has 1 N–H and O–H groups in total. The third-order valence-corrected chi connectivity index (χ3v) is 3.62. The molecule has 1 aromatic rings. The van der Waals surface area contributed by atoms with Crippen molar-refractivity contribution in [3.05, 3.63) is 28.3 Å². The molecule has 1 aliphatic rings. The fourth-order valence-electron chi connectivity index (χ4n) is 2.40. The molecule has 1 atom stereocenters. The van der Waals surface area contributed by atoms with Crippen LogP contribution < -0.4 is 10.1 Å². The van der Waals surface area contributed by atoms with Gasteiger partial charge in [0.1, 0.15) is 5.75 Å². The first-order valence-electron chi connectivity index (χ1n) is 6.09. The maximum Gasteiger partial charge on any atom is 0.420 e. The third-order valence-electron chi connectivity index (χ3n) is 3.34. The molecular formula is C13H15ClF3NO. The molecule has 1 saturated heterocycles. The highest BCUT2D eigenvalue weighted by Crippen LogP contribution is 2.42. The zero-order valence-corrected chi connectivity index (χ0v) is 11.2. The van der Waals surface area contributed by atoms with Crippen molar-refractivity contribution in [2.45, 2.75) is 24.9 Å². The number of hydrogen-bond acceptors (Lipinski definition) is 2. The monoisotopic (exact) mass is 293 g/mol. The van der Waals surface area contributed by atoms with Crippen molar-refractivity contribution < 1.29 is 17.9 Å². The molecule has 0 aromatic heterocycles. The first-order chi connectivity index (χ1) is 8.93. The number of hydrogen-bond donors (Lipinski definition) is 1. The second-order valence-electron chi connectivity index (χ2n) is 4.62. The number of benzene rings is 1. The molecule has 0 bridgehead atoms. The van der Waals surface area contributed by atoms with Crippen molar-refractivity contribution in [1.82, 2.24) is 5.32 Å². The van der Waals surface area contributed by atoms with Crippen LogP contribution in [0.4, 0.5) is 13.2 Å². The van der Waals surface area contributed by atoms with E-state index >= 15 is 0 Å². The number of halogens is 4. The van der Waals surface area contributed by atoms with Gasteiger partial charge in [0.25, 0.3) is 0 Å². The Hall–Kier alpha value is -0.940. The molecule has 1 fully saturated rings. The van der Waals surface area contributed by atoms with Crippen molar-refractivity contribution >= 4 is 11.6 Å². The Morgan fingerprint density at radius 1 is 1.37 bits per heavy atom. The zero-order chi connectivity index (χ0) is 14.0. The first kappa shape index (κ1) is 14.5. The van der Waals surface area contributed by atoms with Crippen molar-refractivity contribution in [3.63, 3.8) is 0 Å². The Kier molecular flexibility index (Phi) is 4.26. The van der Waals surface area contributed by atoms with E-state index in [2.05, 4.69) is 5.32 Å². The van der Waals surface area contributed by atoms with Gasteiger partial charge < -0.3 is 10.1 Å². The van der Waals surface area contributed by atoms with E-state index in [1.807, 2.05) is 0 Å². The van der Waals surface area contributed by atoms with Gasteiger partial charge in [-0.2, -0.15) is 13.2 Å². The van der Waals surface area contributed by atoms with Crippen molar-refractivity contribution in [1.29, 1.82) is 0 Å². The molecule has 0 saturated carbocycles. The minimum atomic E-state index is -4.47. The fourth-order valence-corrected chi connectivity index (χ4v) is 2.71. The van der Waals surface area contributed by atoms with Crippen LogP contribution in [0, 0.1) is 0 Å². The van der Waals surface area contributed by atoms with Gasteiger partial charge in [-0.05, 0) is 43.0 Å². The summed E-state index contributed by atoms with van der Waals surface area (Å²) in [5.74, 6) is -0.236. The standard InChI is InChI=1S/C13H15ClF3NO/c1-19-12-10(13(15,16)17)5-9(6-11(12)14)8-3-2-4-18-7-8/h5-6,8,18H,2-4,7H2,1H3. The van der Waals surface area contributed by atoms with Gasteiger partial charge in [-0.1, -0.05) is 11.6 Å². The van der Waals surface area contributed by atoms with Crippen molar-refractivity contribution in [3.8, 4) is 5.75 Å². The number of methoxy groups -OCH3 is 1. The van der Waals surface area contributed by atoms with Gasteiger partial charge in [0.15, 0.2) is 0 Å². The van der Waals surface area contributed by atoms with Gasteiger partial charge in [-0.25, -0.2) is 0 Å². The van der Waals surface area contributed by atoms with Crippen LogP contribution in [-0.2, 0) is 6.18 Å². The topological polar surface area (TPSA) is 21.3 Å². The molecule has 6 heteroatoms. The Labute approximate surface area is 114 Å². The Morgan fingerprint density at radius 3 is 2.63 bits per heavy atom. The van der Waals surface area contributed by atoms with E-state index in [-0.39, 0.29) is 16.7 Å². The molecule has 0 aliphatic carbocycles. The molecule has 0 amide bonds. The van der Waals surface area contributed by atoms with Gasteiger partial charge in [0, 0.05) is 6.54 Å². The molecule has 1 aliphatic heterocycles. The second-order valence-corrected chi connectivity index (χ2v) is 5.03. The van der Waals surface area contributed by atoms with Crippen LogP contribution in [0.15, 0.2) is 12.1 Å². The molecule has 2 nitrogen and oxygen atoms in total. The quantitative estimate of drug-likeness (QED) is 0.895. The minimum Gasteiger partial charge on any atom is -0.495 e. The van der Waals surface area contributed by atoms with E-state index in [4.69, 9.17) is 16.3 Å². The van der Waals surface area contributed by atoms with E-state index in [1.165, 1.54) is 7.11 Å². The molecule has 0 spiro atoms. The number of alkyl halides is 3. The number of ether oxygens (including phenoxy) is 1. The average molecular weight is 294 g/mol. The highest BCUT2D eigenvalue weighted by Gasteiger charge is 2.36. The molecule has 2 rings (SSSR count). The lowest BCUT2D eigenvalue weighted by Gasteiger charge is -2.25. The van der Waals surface area contributed by atoms with E-state index < -0.39 is 11.7 Å². The summed E-state index contributed by atoms with van der Waals surface area (Å²) in [6, 6.07) is 2.73. The lowest BCUT2D eigenvalue weighted by Crippen LogP contribution is -2.28. The smallest absolute Gasteiger partial charge is 0.420 e. The minimum absolute atomic E-state index is 0.0119. The van der Waals surface area contributed by atoms with E-state index in [9.17, 15) is 13.2 Å². The Balaban J connectivity index is 2.43. The van der Waals surface area contributed by atoms with Crippen molar-refractivity contribution in [2.75, 3.05) is 20.2 Å². The van der Waals surface area contributed by atoms with E-state index in [0.29, 0.717) is 12.1 Å². The summed E-state index contributed by atoms with van der Waals surface area (Å²) in [4.78, 5) is 0. The number of nitrogens with one attached hydrogen (secondary N) is 1. The van der Waals surface area contributed by atoms with Gasteiger partial charge >= 0.3 is 6.18 Å². The average Bonchev–Trinajstić information content (AvgIpc) is 2.37. The van der Waals surface area contributed by atoms with Crippen LogP contribution in [0.1, 0.15) is 29.9 Å². The molecule has 1 heterocycles. The highest BCUT2D eigenvalue weighted by molar-refractivity contribution is 6.32. The maximum absolute atomic E-state index is 13.0. The summed E-state index contributed by atoms with van der Waals surface area (Å²) in [7, 11) is 1.19. The molecule has 106 valence electrons. The molecule has 1 aromatic carbocycles. The Bertz CT molecular complexity index is 456. The van der Waals surface area contributed by atoms with Crippen LogP contribution in [0.3, 0.4) is 0 Å². The SMILES string of the molecule is COc1c(Cl)cc(C2CCCNC2)cc1C(F)(F)F. The second kappa shape index (κ2) is 5.59. The van der Waals surface area contributed by atoms with Crippen molar-refractivity contribution in [2.24, 2.45) is 0 Å². The summed E-state index contributed by atoms with van der Waals surface area (Å²) >= 11 is 5.91. The predicted molar refractivity (Wildman–Crippen MR) is 67.9 cm³/mol. The molecule has 1 unspecified atom stereocenters. The van der Waals surface area contributed by atoms with Gasteiger partial charge in [-0.15, -0.1) is 0 Å². The molecular weight excluding hydrogens is 279 g/mol. The zero-order valence-electron chi connectivity index (χ0n) is 10.5. The fraction of sp³-hybridized carbons (Fsp3) is 0.538. The maximum atomic E-state index is 13.0. The van der Waals surface area contributed by atoms with Gasteiger partial charge in [0.05, 0.1) is 17.7 Å². The van der Waals surface area contributed by atoms with Gasteiger partial charge in [0.2, 0.25) is 0 Å². The highest BCUT2D eigenvalue weighted by atomic mass is 35.5. The van der Waals surface area contributed by atoms with Crippen LogP contribution in [-0.4, -0.2) is 20.2 Å². The predicted octanol–water partition coefficient (Wildman–Crippen LogP) is 3.83. The Morgan fingerprint density at radius 2 is 2.11 bits per heavy atom. The van der Waals surface area contributed by atoms with Crippen LogP contribution in [0.5, 0.6) is 5.75 Å². The summed E-state index contributed by atoms with van der Waals surface area (Å²) in [5.41, 5.74) is -0.187. The van der Waals surface area contributed by atoms with E-state index in [0.717, 1.165) is 25.5 Å². The molecule has 19 heavy (non-hydrogen) atoms.